The summed E-state index contributed by atoms with van der Waals surface area (Å²) >= 11 is 4.90. The minimum absolute atomic E-state index is 0.205. The lowest BCUT2D eigenvalue weighted by atomic mass is 10.1. The van der Waals surface area contributed by atoms with Crippen LogP contribution in [-0.2, 0) is 11.4 Å². The molecule has 0 spiro atoms. The number of nitrogens with one attached hydrogen (secondary N) is 1. The summed E-state index contributed by atoms with van der Waals surface area (Å²) in [5, 5.41) is 5.65. The molecule has 1 aliphatic heterocycles. The largest absolute Gasteiger partial charge is 0.497 e. The van der Waals surface area contributed by atoms with Gasteiger partial charge < -0.3 is 19.5 Å². The number of hydrogen-bond donors (Lipinski definition) is 1. The van der Waals surface area contributed by atoms with Crippen molar-refractivity contribution in [1.29, 1.82) is 0 Å². The smallest absolute Gasteiger partial charge is 0.264 e. The van der Waals surface area contributed by atoms with Crippen molar-refractivity contribution in [2.75, 3.05) is 14.2 Å². The predicted octanol–water partition coefficient (Wildman–Crippen LogP) is 7.09. The van der Waals surface area contributed by atoms with Crippen LogP contribution in [0.2, 0.25) is 0 Å². The van der Waals surface area contributed by atoms with E-state index in [1.807, 2.05) is 54.6 Å². The number of fused-ring (bicyclic) bond motifs is 1. The van der Waals surface area contributed by atoms with Crippen LogP contribution in [0.15, 0.2) is 93.2 Å². The van der Waals surface area contributed by atoms with Gasteiger partial charge in [0.2, 0.25) is 0 Å². The highest BCUT2D eigenvalue weighted by atomic mass is 79.9. The maximum Gasteiger partial charge on any atom is 0.264 e. The van der Waals surface area contributed by atoms with Gasteiger partial charge in [0.05, 0.1) is 29.3 Å². The van der Waals surface area contributed by atoms with Gasteiger partial charge in [-0.25, -0.2) is 4.99 Å². The van der Waals surface area contributed by atoms with Crippen molar-refractivity contribution in [3.63, 3.8) is 0 Å². The van der Waals surface area contributed by atoms with E-state index in [4.69, 9.17) is 14.2 Å². The number of amidine groups is 1. The number of halogens is 1. The normalized spacial score (nSPS) is 15.3. The van der Waals surface area contributed by atoms with E-state index in [1.165, 1.54) is 17.1 Å². The molecule has 0 saturated carbocycles. The summed E-state index contributed by atoms with van der Waals surface area (Å²) in [6, 6.07) is 25.5. The summed E-state index contributed by atoms with van der Waals surface area (Å²) in [5.74, 6) is 1.71. The third kappa shape index (κ3) is 5.65. The third-order valence-corrected chi connectivity index (χ3v) is 7.25. The van der Waals surface area contributed by atoms with E-state index in [-0.39, 0.29) is 5.91 Å². The van der Waals surface area contributed by atoms with Crippen molar-refractivity contribution in [3.8, 4) is 17.2 Å². The molecule has 6 nitrogen and oxygen atoms in total. The van der Waals surface area contributed by atoms with Crippen molar-refractivity contribution in [2.24, 2.45) is 4.99 Å². The molecule has 0 unspecified atom stereocenters. The fraction of sp³-hybridized carbons (Fsp3) is 0.103. The number of carbonyl (C=O) groups is 1. The average molecular weight is 575 g/mol. The molecule has 37 heavy (non-hydrogen) atoms. The number of methoxy groups -OCH3 is 2. The minimum Gasteiger partial charge on any atom is -0.497 e. The van der Waals surface area contributed by atoms with Gasteiger partial charge in [-0.15, -0.1) is 0 Å². The highest BCUT2D eigenvalue weighted by Gasteiger charge is 2.24. The van der Waals surface area contributed by atoms with Crippen LogP contribution in [-0.4, -0.2) is 25.3 Å². The zero-order valence-electron chi connectivity index (χ0n) is 20.2. The summed E-state index contributed by atoms with van der Waals surface area (Å²) in [6.45, 7) is 0.389. The van der Waals surface area contributed by atoms with Crippen molar-refractivity contribution in [3.05, 3.63) is 99.4 Å². The first-order valence-electron chi connectivity index (χ1n) is 11.4. The van der Waals surface area contributed by atoms with Gasteiger partial charge in [-0.1, -0.05) is 42.5 Å². The molecule has 0 bridgehead atoms. The van der Waals surface area contributed by atoms with Crippen LogP contribution >= 0.6 is 27.7 Å². The first-order valence-corrected chi connectivity index (χ1v) is 13.1. The van der Waals surface area contributed by atoms with E-state index in [2.05, 4.69) is 50.5 Å². The minimum atomic E-state index is -0.205. The third-order valence-electron chi connectivity index (χ3n) is 5.76. The van der Waals surface area contributed by atoms with Gasteiger partial charge in [0.25, 0.3) is 5.91 Å². The number of rotatable bonds is 7. The number of thioether (sulfide) groups is 1. The summed E-state index contributed by atoms with van der Waals surface area (Å²) in [5.41, 5.74) is 2.60. The molecule has 1 aliphatic rings. The van der Waals surface area contributed by atoms with Gasteiger partial charge in [0.1, 0.15) is 12.4 Å². The Hall–Kier alpha value is -3.75. The molecule has 1 saturated heterocycles. The van der Waals surface area contributed by atoms with E-state index in [9.17, 15) is 4.79 Å². The zero-order chi connectivity index (χ0) is 25.8. The van der Waals surface area contributed by atoms with Gasteiger partial charge in [-0.3, -0.25) is 4.79 Å². The molecule has 186 valence electrons. The number of carbonyl (C=O) groups excluding carboxylic acids is 1. The van der Waals surface area contributed by atoms with Crippen molar-refractivity contribution < 1.29 is 19.0 Å². The molecule has 4 aromatic carbocycles. The van der Waals surface area contributed by atoms with Gasteiger partial charge in [0.15, 0.2) is 16.7 Å². The molecule has 1 N–H and O–H groups in total. The Bertz CT molecular complexity index is 1530. The fourth-order valence-electron chi connectivity index (χ4n) is 3.94. The molecule has 0 radical (unpaired) electrons. The molecule has 8 heteroatoms. The van der Waals surface area contributed by atoms with E-state index in [0.717, 1.165) is 32.4 Å². The van der Waals surface area contributed by atoms with Gasteiger partial charge >= 0.3 is 0 Å². The van der Waals surface area contributed by atoms with Gasteiger partial charge in [0, 0.05) is 0 Å². The number of nitrogens with zero attached hydrogens (tertiary/aromatic N) is 1. The van der Waals surface area contributed by atoms with Gasteiger partial charge in [-0.05, 0) is 92.1 Å². The van der Waals surface area contributed by atoms with E-state index < -0.39 is 0 Å². The Morgan fingerprint density at radius 2 is 1.76 bits per heavy atom. The maximum absolute atomic E-state index is 12.6. The first kappa shape index (κ1) is 24.9. The van der Waals surface area contributed by atoms with Crippen LogP contribution in [0, 0.1) is 0 Å². The zero-order valence-corrected chi connectivity index (χ0v) is 22.6. The Labute approximate surface area is 227 Å². The standard InChI is InChI=1S/C29H23BrN2O4S/c1-34-22-12-10-21(11-13-22)31-29-32-28(33)26(37-29)16-18-14-24(30)27(25(15-18)35-2)36-17-20-8-5-7-19-6-3-4-9-23(19)20/h3-16H,17H2,1-2H3,(H,31,32,33)/b26-16-. The van der Waals surface area contributed by atoms with Gasteiger partial charge in [-0.2, -0.15) is 0 Å². The second-order valence-electron chi connectivity index (χ2n) is 8.14. The molecule has 4 aromatic rings. The monoisotopic (exact) mass is 574 g/mol. The van der Waals surface area contributed by atoms with E-state index in [0.29, 0.717) is 28.2 Å². The Balaban J connectivity index is 1.35. The number of benzene rings is 4. The van der Waals surface area contributed by atoms with Crippen LogP contribution in [0.5, 0.6) is 17.2 Å². The van der Waals surface area contributed by atoms with E-state index in [1.54, 1.807) is 20.3 Å². The number of amides is 1. The molecular formula is C29H23BrN2O4S. The average Bonchev–Trinajstić information content (AvgIpc) is 3.26. The molecule has 1 fully saturated rings. The second-order valence-corrected chi connectivity index (χ2v) is 10.0. The van der Waals surface area contributed by atoms with Crippen LogP contribution in [0.25, 0.3) is 16.8 Å². The van der Waals surface area contributed by atoms with Crippen LogP contribution in [0.1, 0.15) is 11.1 Å². The molecule has 0 atom stereocenters. The summed E-state index contributed by atoms with van der Waals surface area (Å²) < 4.78 is 17.7. The summed E-state index contributed by atoms with van der Waals surface area (Å²) in [7, 11) is 3.21. The molecule has 0 aromatic heterocycles. The molecule has 5 rings (SSSR count). The first-order chi connectivity index (χ1) is 18.0. The highest BCUT2D eigenvalue weighted by molar-refractivity contribution is 9.10. The SMILES string of the molecule is COc1ccc(N=C2NC(=O)/C(=C/c3cc(Br)c(OCc4cccc5ccccc45)c(OC)c3)S2)cc1. The number of hydrogen-bond acceptors (Lipinski definition) is 6. The summed E-state index contributed by atoms with van der Waals surface area (Å²) in [4.78, 5) is 17.6. The number of aliphatic imine (C=N–C) groups is 1. The Kier molecular flexibility index (Phi) is 7.48. The van der Waals surface area contributed by atoms with Crippen LogP contribution in [0.3, 0.4) is 0 Å². The highest BCUT2D eigenvalue weighted by Crippen LogP contribution is 2.39. The molecule has 0 aliphatic carbocycles. The van der Waals surface area contributed by atoms with Crippen LogP contribution in [0.4, 0.5) is 5.69 Å². The van der Waals surface area contributed by atoms with Crippen molar-refractivity contribution in [2.45, 2.75) is 6.61 Å². The van der Waals surface area contributed by atoms with Crippen LogP contribution < -0.4 is 19.5 Å². The molecule has 1 heterocycles. The van der Waals surface area contributed by atoms with E-state index >= 15 is 0 Å². The maximum atomic E-state index is 12.6. The predicted molar refractivity (Wildman–Crippen MR) is 153 cm³/mol. The summed E-state index contributed by atoms with van der Waals surface area (Å²) in [6.07, 6.45) is 1.80. The van der Waals surface area contributed by atoms with Crippen molar-refractivity contribution in [1.82, 2.24) is 5.32 Å². The molecular weight excluding hydrogens is 552 g/mol. The lowest BCUT2D eigenvalue weighted by Crippen LogP contribution is -2.19. The molecule has 1 amide bonds. The fourth-order valence-corrected chi connectivity index (χ4v) is 5.35. The second kappa shape index (κ2) is 11.1. The topological polar surface area (TPSA) is 69.2 Å². The Morgan fingerprint density at radius 1 is 0.973 bits per heavy atom. The lowest BCUT2D eigenvalue weighted by molar-refractivity contribution is -0.115. The quantitative estimate of drug-likeness (QED) is 0.238. The van der Waals surface area contributed by atoms with Crippen molar-refractivity contribution >= 4 is 61.3 Å². The Morgan fingerprint density at radius 3 is 2.54 bits per heavy atom. The number of ether oxygens (including phenoxy) is 3. The lowest BCUT2D eigenvalue weighted by Gasteiger charge is -2.15.